The van der Waals surface area contributed by atoms with E-state index in [-0.39, 0.29) is 12.4 Å². The second-order valence-corrected chi connectivity index (χ2v) is 5.72. The van der Waals surface area contributed by atoms with Gasteiger partial charge in [-0.05, 0) is 31.2 Å². The van der Waals surface area contributed by atoms with Crippen LogP contribution in [0, 0.1) is 0 Å². The van der Waals surface area contributed by atoms with E-state index in [4.69, 9.17) is 9.47 Å². The minimum absolute atomic E-state index is 0.0879. The largest absolute Gasteiger partial charge is 0.488 e. The first-order valence-electron chi connectivity index (χ1n) is 8.04. The predicted molar refractivity (Wildman–Crippen MR) is 95.9 cm³/mol. The van der Waals surface area contributed by atoms with E-state index >= 15 is 0 Å². The number of amides is 1. The molecule has 0 aromatic heterocycles. The summed E-state index contributed by atoms with van der Waals surface area (Å²) in [5, 5.41) is 2.58. The number of hydrogen-bond donors (Lipinski definition) is 1. The molecule has 1 heterocycles. The highest BCUT2D eigenvalue weighted by Crippen LogP contribution is 2.26. The number of benzene rings is 2. The van der Waals surface area contributed by atoms with Crippen LogP contribution in [0.1, 0.15) is 22.8 Å². The highest BCUT2D eigenvalue weighted by molar-refractivity contribution is 6.04. The molecule has 0 aliphatic carbocycles. The van der Waals surface area contributed by atoms with Gasteiger partial charge in [-0.25, -0.2) is 4.79 Å². The zero-order valence-electron chi connectivity index (χ0n) is 14.2. The maximum atomic E-state index is 12.1. The summed E-state index contributed by atoms with van der Waals surface area (Å²) < 4.78 is 10.5. The van der Waals surface area contributed by atoms with E-state index in [1.54, 1.807) is 30.3 Å². The lowest BCUT2D eigenvalue weighted by atomic mass is 10.1. The second kappa shape index (κ2) is 7.65. The normalized spacial score (nSPS) is 12.3. The molecular weight excluding hydrogens is 334 g/mol. The number of ether oxygens (including phenoxy) is 2. The lowest BCUT2D eigenvalue weighted by Gasteiger charge is -2.17. The summed E-state index contributed by atoms with van der Waals surface area (Å²) in [5.41, 5.74) is 1.90. The van der Waals surface area contributed by atoms with Crippen LogP contribution >= 0.6 is 0 Å². The van der Waals surface area contributed by atoms with Crippen molar-refractivity contribution in [2.45, 2.75) is 6.92 Å². The molecule has 0 spiro atoms. The molecule has 1 aliphatic heterocycles. The number of carbonyl (C=O) groups excluding carboxylic acids is 3. The summed E-state index contributed by atoms with van der Waals surface area (Å²) in [7, 11) is 0. The van der Waals surface area contributed by atoms with Crippen LogP contribution in [0.15, 0.2) is 54.1 Å². The number of fused-ring (bicyclic) bond motifs is 1. The Kier molecular flexibility index (Phi) is 5.12. The Morgan fingerprint density at radius 3 is 2.62 bits per heavy atom. The molecule has 0 saturated carbocycles. The number of ketones is 1. The van der Waals surface area contributed by atoms with E-state index in [2.05, 4.69) is 5.32 Å². The zero-order valence-corrected chi connectivity index (χ0v) is 14.2. The van der Waals surface area contributed by atoms with Gasteiger partial charge in [0.2, 0.25) is 0 Å². The third kappa shape index (κ3) is 3.97. The SMILES string of the molecule is CC(=O)c1ccccc1NC(=O)COC(=O)C1=Cc2ccccc2OC1. The van der Waals surface area contributed by atoms with Gasteiger partial charge in [0.05, 0.1) is 11.3 Å². The van der Waals surface area contributed by atoms with Crippen molar-refractivity contribution < 1.29 is 23.9 Å². The Morgan fingerprint density at radius 1 is 1.08 bits per heavy atom. The summed E-state index contributed by atoms with van der Waals surface area (Å²) >= 11 is 0. The van der Waals surface area contributed by atoms with Gasteiger partial charge < -0.3 is 14.8 Å². The number of rotatable bonds is 5. The van der Waals surface area contributed by atoms with E-state index in [0.717, 1.165) is 5.56 Å². The Hall–Kier alpha value is -3.41. The summed E-state index contributed by atoms with van der Waals surface area (Å²) in [4.78, 5) is 35.7. The van der Waals surface area contributed by atoms with Crippen molar-refractivity contribution >= 4 is 29.4 Å². The van der Waals surface area contributed by atoms with E-state index in [1.807, 2.05) is 24.3 Å². The standard InChI is InChI=1S/C20H17NO5/c1-13(22)16-7-3-4-8-17(16)21-19(23)12-26-20(24)15-10-14-6-2-5-9-18(14)25-11-15/h2-10H,11-12H2,1H3,(H,21,23). The van der Waals surface area contributed by atoms with Gasteiger partial charge in [0.25, 0.3) is 5.91 Å². The first-order chi connectivity index (χ1) is 12.5. The quantitative estimate of drug-likeness (QED) is 0.662. The highest BCUT2D eigenvalue weighted by Gasteiger charge is 2.19. The Labute approximate surface area is 150 Å². The van der Waals surface area contributed by atoms with Crippen LogP contribution in [0.3, 0.4) is 0 Å². The molecule has 3 rings (SSSR count). The minimum Gasteiger partial charge on any atom is -0.488 e. The van der Waals surface area contributed by atoms with Crippen LogP contribution in [0.25, 0.3) is 6.08 Å². The van der Waals surface area contributed by atoms with Gasteiger partial charge in [-0.15, -0.1) is 0 Å². The van der Waals surface area contributed by atoms with Gasteiger partial charge >= 0.3 is 5.97 Å². The zero-order chi connectivity index (χ0) is 18.5. The van der Waals surface area contributed by atoms with E-state index in [9.17, 15) is 14.4 Å². The number of esters is 1. The first kappa shape index (κ1) is 17.4. The monoisotopic (exact) mass is 351 g/mol. The minimum atomic E-state index is -0.616. The Bertz CT molecular complexity index is 901. The summed E-state index contributed by atoms with van der Waals surface area (Å²) in [5.74, 6) is -0.608. The number of nitrogens with one attached hydrogen (secondary N) is 1. The van der Waals surface area contributed by atoms with Gasteiger partial charge in [-0.3, -0.25) is 9.59 Å². The number of hydrogen-bond acceptors (Lipinski definition) is 5. The second-order valence-electron chi connectivity index (χ2n) is 5.72. The third-order valence-corrected chi connectivity index (χ3v) is 3.81. The van der Waals surface area contributed by atoms with Crippen LogP contribution in [-0.2, 0) is 14.3 Å². The van der Waals surface area contributed by atoms with E-state index < -0.39 is 18.5 Å². The molecule has 2 aromatic rings. The van der Waals surface area contributed by atoms with Crippen molar-refractivity contribution in [1.82, 2.24) is 0 Å². The molecule has 0 radical (unpaired) electrons. The van der Waals surface area contributed by atoms with E-state index in [1.165, 1.54) is 6.92 Å². The predicted octanol–water partition coefficient (Wildman–Crippen LogP) is 2.85. The fourth-order valence-corrected chi connectivity index (χ4v) is 2.54. The number of anilines is 1. The number of carbonyl (C=O) groups is 3. The maximum absolute atomic E-state index is 12.1. The van der Waals surface area contributed by atoms with Gasteiger partial charge in [-0.2, -0.15) is 0 Å². The van der Waals surface area contributed by atoms with Crippen molar-refractivity contribution in [2.75, 3.05) is 18.5 Å². The van der Waals surface area contributed by atoms with Gasteiger partial charge in [0.15, 0.2) is 12.4 Å². The molecule has 1 amide bonds. The molecule has 0 bridgehead atoms. The molecule has 0 fully saturated rings. The van der Waals surface area contributed by atoms with Crippen LogP contribution in [0.4, 0.5) is 5.69 Å². The van der Waals surface area contributed by atoms with Crippen molar-refractivity contribution in [3.8, 4) is 5.75 Å². The molecule has 2 aromatic carbocycles. The molecule has 6 nitrogen and oxygen atoms in total. The number of Topliss-reactive ketones (excluding diaryl/α,β-unsaturated/α-hetero) is 1. The van der Waals surface area contributed by atoms with Crippen molar-refractivity contribution in [2.24, 2.45) is 0 Å². The average Bonchev–Trinajstić information content (AvgIpc) is 2.66. The molecule has 0 unspecified atom stereocenters. The van der Waals surface area contributed by atoms with Gasteiger partial charge in [0.1, 0.15) is 12.4 Å². The summed E-state index contributed by atoms with van der Waals surface area (Å²) in [6.07, 6.45) is 1.68. The molecule has 1 aliphatic rings. The van der Waals surface area contributed by atoms with Crippen molar-refractivity contribution in [3.63, 3.8) is 0 Å². The van der Waals surface area contributed by atoms with Crippen molar-refractivity contribution in [3.05, 3.63) is 65.2 Å². The fraction of sp³-hybridized carbons (Fsp3) is 0.150. The van der Waals surface area contributed by atoms with Gasteiger partial charge in [0, 0.05) is 11.1 Å². The Balaban J connectivity index is 1.60. The molecule has 6 heteroatoms. The summed E-state index contributed by atoms with van der Waals surface area (Å²) in [6, 6.07) is 14.0. The molecule has 26 heavy (non-hydrogen) atoms. The topological polar surface area (TPSA) is 81.7 Å². The van der Waals surface area contributed by atoms with Crippen LogP contribution in [0.2, 0.25) is 0 Å². The van der Waals surface area contributed by atoms with Crippen molar-refractivity contribution in [1.29, 1.82) is 0 Å². The van der Waals surface area contributed by atoms with Crippen LogP contribution < -0.4 is 10.1 Å². The molecule has 0 saturated heterocycles. The first-order valence-corrected chi connectivity index (χ1v) is 8.04. The fourth-order valence-electron chi connectivity index (χ4n) is 2.54. The molecule has 1 N–H and O–H groups in total. The van der Waals surface area contributed by atoms with Crippen LogP contribution in [0.5, 0.6) is 5.75 Å². The number of para-hydroxylation sites is 2. The molecule has 132 valence electrons. The summed E-state index contributed by atoms with van der Waals surface area (Å²) in [6.45, 7) is 1.05. The molecular formula is C20H17NO5. The van der Waals surface area contributed by atoms with E-state index in [0.29, 0.717) is 22.6 Å². The van der Waals surface area contributed by atoms with Crippen LogP contribution in [-0.4, -0.2) is 30.9 Å². The lowest BCUT2D eigenvalue weighted by molar-refractivity contribution is -0.143. The average molecular weight is 351 g/mol. The third-order valence-electron chi connectivity index (χ3n) is 3.81. The molecule has 0 atom stereocenters. The van der Waals surface area contributed by atoms with Gasteiger partial charge in [-0.1, -0.05) is 30.3 Å². The lowest BCUT2D eigenvalue weighted by Crippen LogP contribution is -2.24. The maximum Gasteiger partial charge on any atom is 0.338 e. The smallest absolute Gasteiger partial charge is 0.338 e. The Morgan fingerprint density at radius 2 is 1.81 bits per heavy atom. The highest BCUT2D eigenvalue weighted by atomic mass is 16.5.